The summed E-state index contributed by atoms with van der Waals surface area (Å²) in [4.78, 5) is 16.2. The van der Waals surface area contributed by atoms with Gasteiger partial charge in [0, 0.05) is 6.54 Å². The molecule has 0 atom stereocenters. The minimum absolute atomic E-state index is 0.323. The molecule has 0 amide bonds. The van der Waals surface area contributed by atoms with Crippen LogP contribution in [0.1, 0.15) is 35.4 Å². The second-order valence-electron chi connectivity index (χ2n) is 5.26. The summed E-state index contributed by atoms with van der Waals surface area (Å²) in [6.07, 6.45) is 3.83. The molecule has 0 spiro atoms. The molecule has 4 nitrogen and oxygen atoms in total. The molecule has 0 radical (unpaired) electrons. The Bertz CT molecular complexity index is 647. The van der Waals surface area contributed by atoms with Crippen LogP contribution in [0, 0.1) is 5.92 Å². The number of rotatable bonds is 4. The van der Waals surface area contributed by atoms with Crippen LogP contribution in [0.2, 0.25) is 0 Å². The molecule has 1 aliphatic carbocycles. The lowest BCUT2D eigenvalue weighted by Gasteiger charge is -2.26. The summed E-state index contributed by atoms with van der Waals surface area (Å²) in [6.45, 7) is 0.934. The normalized spacial score (nSPS) is 15.3. The summed E-state index contributed by atoms with van der Waals surface area (Å²) < 4.78 is 6.93. The van der Waals surface area contributed by atoms with Gasteiger partial charge in [-0.2, -0.15) is 0 Å². The van der Waals surface area contributed by atoms with Gasteiger partial charge in [0.15, 0.2) is 0 Å². The van der Waals surface area contributed by atoms with E-state index in [1.165, 1.54) is 26.4 Å². The van der Waals surface area contributed by atoms with Crippen molar-refractivity contribution in [1.29, 1.82) is 0 Å². The van der Waals surface area contributed by atoms with Crippen molar-refractivity contribution in [3.05, 3.63) is 29.6 Å². The van der Waals surface area contributed by atoms with Gasteiger partial charge in [0.25, 0.3) is 0 Å². The molecule has 0 bridgehead atoms. The molecule has 1 saturated carbocycles. The molecular formula is C15H17ClN2O2. The van der Waals surface area contributed by atoms with Gasteiger partial charge < -0.3 is 9.30 Å². The van der Waals surface area contributed by atoms with Gasteiger partial charge in [-0.3, -0.25) is 0 Å². The summed E-state index contributed by atoms with van der Waals surface area (Å²) in [6, 6.07) is 5.45. The van der Waals surface area contributed by atoms with Gasteiger partial charge in [-0.15, -0.1) is 11.6 Å². The summed E-state index contributed by atoms with van der Waals surface area (Å²) in [5.74, 6) is 1.64. The molecular weight excluding hydrogens is 276 g/mol. The van der Waals surface area contributed by atoms with E-state index < -0.39 is 0 Å². The number of methoxy groups -OCH3 is 1. The van der Waals surface area contributed by atoms with E-state index >= 15 is 0 Å². The van der Waals surface area contributed by atoms with E-state index in [1.807, 2.05) is 12.1 Å². The largest absolute Gasteiger partial charge is 0.465 e. The number of ether oxygens (including phenoxy) is 1. The fourth-order valence-electron chi connectivity index (χ4n) is 2.66. The number of hydrogen-bond acceptors (Lipinski definition) is 3. The highest BCUT2D eigenvalue weighted by molar-refractivity contribution is 6.16. The number of carbonyl (C=O) groups is 1. The number of alkyl halides is 1. The van der Waals surface area contributed by atoms with E-state index in [0.717, 1.165) is 23.4 Å². The van der Waals surface area contributed by atoms with E-state index in [1.54, 1.807) is 6.07 Å². The molecule has 3 rings (SSSR count). The zero-order valence-electron chi connectivity index (χ0n) is 11.4. The Morgan fingerprint density at radius 1 is 1.50 bits per heavy atom. The quantitative estimate of drug-likeness (QED) is 0.641. The summed E-state index contributed by atoms with van der Waals surface area (Å²) >= 11 is 6.00. The molecule has 0 unspecified atom stereocenters. The number of aromatic nitrogens is 2. The molecule has 0 N–H and O–H groups in total. The van der Waals surface area contributed by atoms with Crippen LogP contribution < -0.4 is 0 Å². The predicted molar refractivity (Wildman–Crippen MR) is 78.0 cm³/mol. The van der Waals surface area contributed by atoms with Crippen LogP contribution in [0.3, 0.4) is 0 Å². The van der Waals surface area contributed by atoms with Gasteiger partial charge in [-0.1, -0.05) is 6.42 Å². The van der Waals surface area contributed by atoms with E-state index in [9.17, 15) is 4.79 Å². The third kappa shape index (κ3) is 2.29. The van der Waals surface area contributed by atoms with Crippen LogP contribution in [0.25, 0.3) is 11.0 Å². The van der Waals surface area contributed by atoms with Gasteiger partial charge in [0.2, 0.25) is 0 Å². The maximum Gasteiger partial charge on any atom is 0.337 e. The van der Waals surface area contributed by atoms with Crippen molar-refractivity contribution in [2.75, 3.05) is 7.11 Å². The first-order valence-electron chi connectivity index (χ1n) is 6.86. The van der Waals surface area contributed by atoms with Gasteiger partial charge in [-0.05, 0) is 37.0 Å². The Balaban J connectivity index is 2.05. The Morgan fingerprint density at radius 3 is 2.90 bits per heavy atom. The lowest BCUT2D eigenvalue weighted by Crippen LogP contribution is -2.19. The molecule has 1 heterocycles. The van der Waals surface area contributed by atoms with Crippen molar-refractivity contribution in [3.8, 4) is 0 Å². The van der Waals surface area contributed by atoms with Gasteiger partial charge in [-0.25, -0.2) is 9.78 Å². The van der Waals surface area contributed by atoms with Crippen LogP contribution in [0.4, 0.5) is 0 Å². The highest BCUT2D eigenvalue weighted by Gasteiger charge is 2.21. The minimum Gasteiger partial charge on any atom is -0.465 e. The van der Waals surface area contributed by atoms with Gasteiger partial charge in [0.1, 0.15) is 5.82 Å². The highest BCUT2D eigenvalue weighted by Crippen LogP contribution is 2.30. The lowest BCUT2D eigenvalue weighted by molar-refractivity contribution is 0.0601. The average Bonchev–Trinajstić information content (AvgIpc) is 2.78. The SMILES string of the molecule is COC(=O)c1ccc2nc(CCl)n(CC3CCC3)c2c1. The third-order valence-electron chi connectivity index (χ3n) is 4.03. The zero-order valence-corrected chi connectivity index (χ0v) is 12.2. The average molecular weight is 293 g/mol. The fraction of sp³-hybridized carbons (Fsp3) is 0.467. The first-order valence-corrected chi connectivity index (χ1v) is 7.40. The Hall–Kier alpha value is -1.55. The van der Waals surface area contributed by atoms with E-state index in [-0.39, 0.29) is 5.97 Å². The van der Waals surface area contributed by atoms with E-state index in [2.05, 4.69) is 9.55 Å². The number of imidazole rings is 1. The Labute approximate surface area is 122 Å². The number of fused-ring (bicyclic) bond motifs is 1. The van der Waals surface area contributed by atoms with Crippen molar-refractivity contribution in [2.45, 2.75) is 31.7 Å². The summed E-state index contributed by atoms with van der Waals surface area (Å²) in [5, 5.41) is 0. The van der Waals surface area contributed by atoms with Crippen molar-refractivity contribution < 1.29 is 9.53 Å². The maximum absolute atomic E-state index is 11.7. The number of halogens is 1. The lowest BCUT2D eigenvalue weighted by atomic mass is 9.85. The highest BCUT2D eigenvalue weighted by atomic mass is 35.5. The Morgan fingerprint density at radius 2 is 2.30 bits per heavy atom. The molecule has 0 saturated heterocycles. The number of esters is 1. The minimum atomic E-state index is -0.323. The first kappa shape index (κ1) is 13.4. The number of nitrogens with zero attached hydrogens (tertiary/aromatic N) is 2. The smallest absolute Gasteiger partial charge is 0.337 e. The van der Waals surface area contributed by atoms with Crippen LogP contribution >= 0.6 is 11.6 Å². The molecule has 1 aliphatic rings. The molecule has 0 aliphatic heterocycles. The molecule has 1 aromatic carbocycles. The van der Waals surface area contributed by atoms with Crippen LogP contribution in [0.15, 0.2) is 18.2 Å². The molecule has 20 heavy (non-hydrogen) atoms. The van der Waals surface area contributed by atoms with Crippen molar-refractivity contribution in [2.24, 2.45) is 5.92 Å². The maximum atomic E-state index is 11.7. The van der Waals surface area contributed by atoms with Gasteiger partial charge >= 0.3 is 5.97 Å². The zero-order chi connectivity index (χ0) is 14.1. The van der Waals surface area contributed by atoms with Crippen molar-refractivity contribution in [1.82, 2.24) is 9.55 Å². The molecule has 5 heteroatoms. The van der Waals surface area contributed by atoms with Gasteiger partial charge in [0.05, 0.1) is 29.6 Å². The third-order valence-corrected chi connectivity index (χ3v) is 4.27. The second-order valence-corrected chi connectivity index (χ2v) is 5.53. The monoisotopic (exact) mass is 292 g/mol. The van der Waals surface area contributed by atoms with E-state index in [4.69, 9.17) is 16.3 Å². The second kappa shape index (κ2) is 5.44. The standard InChI is InChI=1S/C15H17ClN2O2/c1-20-15(19)11-5-6-12-13(7-11)18(14(8-16)17-12)9-10-3-2-4-10/h5-7,10H,2-4,8-9H2,1H3. The number of carbonyl (C=O) groups excluding carboxylic acids is 1. The number of benzene rings is 1. The van der Waals surface area contributed by atoms with Crippen LogP contribution in [-0.2, 0) is 17.2 Å². The van der Waals surface area contributed by atoms with Crippen molar-refractivity contribution in [3.63, 3.8) is 0 Å². The Kier molecular flexibility index (Phi) is 3.66. The molecule has 2 aromatic rings. The fourth-order valence-corrected chi connectivity index (χ4v) is 2.86. The van der Waals surface area contributed by atoms with Crippen molar-refractivity contribution >= 4 is 28.6 Å². The van der Waals surface area contributed by atoms with E-state index in [0.29, 0.717) is 17.4 Å². The van der Waals surface area contributed by atoms with Crippen LogP contribution in [0.5, 0.6) is 0 Å². The molecule has 1 aromatic heterocycles. The topological polar surface area (TPSA) is 44.1 Å². The predicted octanol–water partition coefficient (Wildman–Crippen LogP) is 3.36. The van der Waals surface area contributed by atoms with Crippen LogP contribution in [-0.4, -0.2) is 22.6 Å². The summed E-state index contributed by atoms with van der Waals surface area (Å²) in [5.41, 5.74) is 2.40. The molecule has 106 valence electrons. The summed E-state index contributed by atoms with van der Waals surface area (Å²) in [7, 11) is 1.39. The number of hydrogen-bond donors (Lipinski definition) is 0. The molecule has 1 fully saturated rings. The first-order chi connectivity index (χ1) is 9.72.